The molecule has 0 amide bonds. The van der Waals surface area contributed by atoms with Crippen molar-refractivity contribution in [3.05, 3.63) is 71.7 Å². The number of rotatable bonds is 2. The number of hydrogen-bond acceptors (Lipinski definition) is 4. The molecule has 0 aliphatic carbocycles. The summed E-state index contributed by atoms with van der Waals surface area (Å²) in [6.45, 7) is 0.408. The monoisotopic (exact) mass is 304 g/mol. The molecule has 23 heavy (non-hydrogen) atoms. The molecular weight excluding hydrogens is 291 g/mol. The zero-order chi connectivity index (χ0) is 15.8. The van der Waals surface area contributed by atoms with Crippen LogP contribution in [-0.4, -0.2) is 16.0 Å². The molecule has 0 fully saturated rings. The van der Waals surface area contributed by atoms with E-state index in [0.29, 0.717) is 18.1 Å². The minimum Gasteiger partial charge on any atom is -0.383 e. The van der Waals surface area contributed by atoms with E-state index in [-0.39, 0.29) is 5.82 Å². The van der Waals surface area contributed by atoms with Crippen molar-refractivity contribution in [1.29, 1.82) is 0 Å². The zero-order valence-electron chi connectivity index (χ0n) is 12.2. The molecule has 0 saturated carbocycles. The maximum atomic E-state index is 13.7. The minimum absolute atomic E-state index is 0.305. The topological polar surface area (TPSA) is 64.2 Å². The van der Waals surface area contributed by atoms with Crippen LogP contribution in [0.25, 0.3) is 22.4 Å². The molecule has 1 aromatic heterocycles. The lowest BCUT2D eigenvalue weighted by molar-refractivity contribution is 0.628. The third kappa shape index (κ3) is 2.26. The maximum absolute atomic E-state index is 13.7. The van der Waals surface area contributed by atoms with Crippen LogP contribution in [0.3, 0.4) is 0 Å². The van der Waals surface area contributed by atoms with Crippen molar-refractivity contribution in [3.8, 4) is 22.4 Å². The highest BCUT2D eigenvalue weighted by Crippen LogP contribution is 2.36. The first kappa shape index (κ1) is 13.6. The average molecular weight is 304 g/mol. The average Bonchev–Trinajstić information content (AvgIpc) is 2.96. The van der Waals surface area contributed by atoms with Gasteiger partial charge < -0.3 is 5.73 Å². The van der Waals surface area contributed by atoms with Gasteiger partial charge in [0.2, 0.25) is 0 Å². The number of fused-ring (bicyclic) bond motifs is 1. The summed E-state index contributed by atoms with van der Waals surface area (Å²) in [5.74, 6) is 0.118. The Labute approximate surface area is 132 Å². The fourth-order valence-electron chi connectivity index (χ4n) is 2.82. The van der Waals surface area contributed by atoms with Crippen molar-refractivity contribution in [1.82, 2.24) is 10.2 Å². The molecule has 0 bridgehead atoms. The van der Waals surface area contributed by atoms with Crippen molar-refractivity contribution in [2.45, 2.75) is 6.54 Å². The standard InChI is InChI=1S/C18H13FN4/c19-13-8-4-7-12(9-13)15-16-14(10-21-18(16)20)22-23-17(15)11-5-2-1-3-6-11/h1-9H,10H2,(H2,20,21). The van der Waals surface area contributed by atoms with E-state index in [2.05, 4.69) is 15.2 Å². The van der Waals surface area contributed by atoms with Crippen molar-refractivity contribution < 1.29 is 4.39 Å². The van der Waals surface area contributed by atoms with E-state index in [0.717, 1.165) is 27.9 Å². The first-order chi connectivity index (χ1) is 11.2. The highest BCUT2D eigenvalue weighted by molar-refractivity contribution is 6.08. The van der Waals surface area contributed by atoms with E-state index in [1.165, 1.54) is 12.1 Å². The van der Waals surface area contributed by atoms with Gasteiger partial charge in [-0.2, -0.15) is 5.10 Å². The van der Waals surface area contributed by atoms with Crippen molar-refractivity contribution in [2.75, 3.05) is 0 Å². The molecule has 3 aromatic rings. The van der Waals surface area contributed by atoms with Gasteiger partial charge in [0.25, 0.3) is 0 Å². The summed E-state index contributed by atoms with van der Waals surface area (Å²) in [6.07, 6.45) is 0. The molecular formula is C18H13FN4. The molecule has 5 heteroatoms. The Hall–Kier alpha value is -3.08. The molecule has 1 aliphatic heterocycles. The highest BCUT2D eigenvalue weighted by atomic mass is 19.1. The van der Waals surface area contributed by atoms with Gasteiger partial charge in [0.1, 0.15) is 17.3 Å². The normalized spacial score (nSPS) is 12.8. The van der Waals surface area contributed by atoms with Gasteiger partial charge in [-0.15, -0.1) is 5.10 Å². The summed E-state index contributed by atoms with van der Waals surface area (Å²) in [4.78, 5) is 4.25. The summed E-state index contributed by atoms with van der Waals surface area (Å²) in [5, 5.41) is 8.62. The third-order valence-corrected chi connectivity index (χ3v) is 3.86. The number of benzene rings is 2. The molecule has 112 valence electrons. The van der Waals surface area contributed by atoms with Gasteiger partial charge in [-0.25, -0.2) is 4.39 Å². The molecule has 4 nitrogen and oxygen atoms in total. The van der Waals surface area contributed by atoms with Gasteiger partial charge >= 0.3 is 0 Å². The molecule has 0 saturated heterocycles. The maximum Gasteiger partial charge on any atom is 0.128 e. The van der Waals surface area contributed by atoms with Gasteiger partial charge in [0, 0.05) is 11.1 Å². The molecule has 4 rings (SSSR count). The van der Waals surface area contributed by atoms with Crippen LogP contribution in [0.4, 0.5) is 4.39 Å². The van der Waals surface area contributed by atoms with Crippen LogP contribution in [0.2, 0.25) is 0 Å². The summed E-state index contributed by atoms with van der Waals surface area (Å²) in [7, 11) is 0. The number of aliphatic imine (C=N–C) groups is 1. The van der Waals surface area contributed by atoms with Crippen LogP contribution in [0.1, 0.15) is 11.3 Å². The minimum atomic E-state index is -0.305. The second kappa shape index (κ2) is 5.28. The SMILES string of the molecule is NC1=NCc2nnc(-c3ccccc3)c(-c3cccc(F)c3)c21. The van der Waals surface area contributed by atoms with Gasteiger partial charge in [-0.3, -0.25) is 4.99 Å². The smallest absolute Gasteiger partial charge is 0.128 e. The Bertz CT molecular complexity index is 920. The van der Waals surface area contributed by atoms with Gasteiger partial charge in [0.15, 0.2) is 0 Å². The molecule has 0 unspecified atom stereocenters. The Morgan fingerprint density at radius 2 is 1.65 bits per heavy atom. The second-order valence-electron chi connectivity index (χ2n) is 5.32. The largest absolute Gasteiger partial charge is 0.383 e. The van der Waals surface area contributed by atoms with E-state index in [1.807, 2.05) is 36.4 Å². The molecule has 0 atom stereocenters. The van der Waals surface area contributed by atoms with E-state index in [1.54, 1.807) is 6.07 Å². The van der Waals surface area contributed by atoms with Crippen LogP contribution in [-0.2, 0) is 6.54 Å². The van der Waals surface area contributed by atoms with Crippen LogP contribution in [0, 0.1) is 5.82 Å². The lowest BCUT2D eigenvalue weighted by Crippen LogP contribution is -2.14. The molecule has 0 spiro atoms. The number of amidine groups is 1. The summed E-state index contributed by atoms with van der Waals surface area (Å²) in [6, 6.07) is 16.1. The van der Waals surface area contributed by atoms with Gasteiger partial charge in [-0.05, 0) is 17.7 Å². The lowest BCUT2D eigenvalue weighted by atomic mass is 9.94. The predicted molar refractivity (Wildman–Crippen MR) is 87.3 cm³/mol. The Balaban J connectivity index is 2.05. The molecule has 0 radical (unpaired) electrons. The van der Waals surface area contributed by atoms with E-state index in [9.17, 15) is 4.39 Å². The summed E-state index contributed by atoms with van der Waals surface area (Å²) < 4.78 is 13.7. The van der Waals surface area contributed by atoms with E-state index < -0.39 is 0 Å². The summed E-state index contributed by atoms with van der Waals surface area (Å²) in [5.41, 5.74) is 10.6. The van der Waals surface area contributed by atoms with Crippen LogP contribution < -0.4 is 5.73 Å². The van der Waals surface area contributed by atoms with Crippen molar-refractivity contribution in [2.24, 2.45) is 10.7 Å². The highest BCUT2D eigenvalue weighted by Gasteiger charge is 2.24. The predicted octanol–water partition coefficient (Wildman–Crippen LogP) is 3.17. The lowest BCUT2D eigenvalue weighted by Gasteiger charge is -2.13. The van der Waals surface area contributed by atoms with Gasteiger partial charge in [0.05, 0.1) is 17.8 Å². The number of aromatic nitrogens is 2. The molecule has 2 N–H and O–H groups in total. The number of nitrogens with zero attached hydrogens (tertiary/aromatic N) is 3. The van der Waals surface area contributed by atoms with Crippen LogP contribution in [0.15, 0.2) is 59.6 Å². The fraction of sp³-hybridized carbons (Fsp3) is 0.0556. The van der Waals surface area contributed by atoms with Crippen molar-refractivity contribution >= 4 is 5.84 Å². The third-order valence-electron chi connectivity index (χ3n) is 3.86. The van der Waals surface area contributed by atoms with Crippen LogP contribution in [0.5, 0.6) is 0 Å². The number of halogens is 1. The second-order valence-corrected chi connectivity index (χ2v) is 5.32. The van der Waals surface area contributed by atoms with Gasteiger partial charge in [-0.1, -0.05) is 42.5 Å². The quantitative estimate of drug-likeness (QED) is 0.791. The van der Waals surface area contributed by atoms with Crippen molar-refractivity contribution in [3.63, 3.8) is 0 Å². The first-order valence-electron chi connectivity index (χ1n) is 7.25. The molecule has 1 aliphatic rings. The Kier molecular flexibility index (Phi) is 3.12. The number of hydrogen-bond donors (Lipinski definition) is 1. The molecule has 2 heterocycles. The van der Waals surface area contributed by atoms with Crippen LogP contribution >= 0.6 is 0 Å². The van der Waals surface area contributed by atoms with E-state index >= 15 is 0 Å². The fourth-order valence-corrected chi connectivity index (χ4v) is 2.82. The van der Waals surface area contributed by atoms with E-state index in [4.69, 9.17) is 5.73 Å². The Morgan fingerprint density at radius 1 is 0.870 bits per heavy atom. The molecule has 2 aromatic carbocycles. The number of nitrogens with two attached hydrogens (primary N) is 1. The summed E-state index contributed by atoms with van der Waals surface area (Å²) >= 11 is 0. The zero-order valence-corrected chi connectivity index (χ0v) is 12.2. The first-order valence-corrected chi connectivity index (χ1v) is 7.25. The Morgan fingerprint density at radius 3 is 2.43 bits per heavy atom.